The molecule has 2 atom stereocenters. The van der Waals surface area contributed by atoms with Gasteiger partial charge in [-0.25, -0.2) is 9.59 Å². The molecule has 1 amide bonds. The number of ether oxygens (including phenoxy) is 2. The molecule has 0 unspecified atom stereocenters. The maximum absolute atomic E-state index is 13.4. The molecule has 0 saturated carbocycles. The Bertz CT molecular complexity index is 1090. The molecule has 1 aliphatic rings. The van der Waals surface area contributed by atoms with Crippen molar-refractivity contribution in [1.29, 1.82) is 0 Å². The highest BCUT2D eigenvalue weighted by atomic mass is 127. The predicted octanol–water partition coefficient (Wildman–Crippen LogP) is 3.43. The van der Waals surface area contributed by atoms with Gasteiger partial charge in [-0.05, 0) is 75.4 Å². The number of carbonyl (C=O) groups excluding carboxylic acids is 1. The van der Waals surface area contributed by atoms with Crippen LogP contribution in [0, 0.1) is 3.57 Å². The molecule has 3 rings (SSSR count). The van der Waals surface area contributed by atoms with Gasteiger partial charge in [0.25, 0.3) is 11.6 Å². The van der Waals surface area contributed by atoms with E-state index in [1.54, 1.807) is 39.8 Å². The van der Waals surface area contributed by atoms with Gasteiger partial charge in [-0.1, -0.05) is 0 Å². The third kappa shape index (κ3) is 4.48. The Morgan fingerprint density at radius 3 is 2.61 bits per heavy atom. The number of aromatic nitrogens is 2. The summed E-state index contributed by atoms with van der Waals surface area (Å²) >= 11 is 2.11. The van der Waals surface area contributed by atoms with Gasteiger partial charge in [-0.15, -0.1) is 0 Å². The number of nitrogens with zero attached hydrogens (tertiary/aromatic N) is 3. The molecular formula is C21H26IN3O6. The maximum atomic E-state index is 13.4. The van der Waals surface area contributed by atoms with Crippen LogP contribution >= 0.6 is 22.6 Å². The number of amides is 1. The minimum absolute atomic E-state index is 0.0126. The summed E-state index contributed by atoms with van der Waals surface area (Å²) in [6.07, 6.45) is -0.729. The Labute approximate surface area is 193 Å². The van der Waals surface area contributed by atoms with E-state index < -0.39 is 29.2 Å². The second-order valence-corrected chi connectivity index (χ2v) is 9.94. The first-order valence-electron chi connectivity index (χ1n) is 9.96. The molecule has 1 aromatic carbocycles. The number of rotatable bonds is 4. The van der Waals surface area contributed by atoms with E-state index in [1.807, 2.05) is 6.07 Å². The molecule has 0 radical (unpaired) electrons. The molecule has 9 nitrogen and oxygen atoms in total. The largest absolute Gasteiger partial charge is 0.480 e. The number of hydrogen-bond donors (Lipinski definition) is 1. The zero-order valence-corrected chi connectivity index (χ0v) is 20.3. The van der Waals surface area contributed by atoms with Crippen LogP contribution in [0.1, 0.15) is 47.1 Å². The summed E-state index contributed by atoms with van der Waals surface area (Å²) in [5.74, 6) is -1.17. The van der Waals surface area contributed by atoms with Crippen molar-refractivity contribution < 1.29 is 24.2 Å². The molecule has 1 fully saturated rings. The van der Waals surface area contributed by atoms with Crippen molar-refractivity contribution in [2.45, 2.75) is 58.2 Å². The van der Waals surface area contributed by atoms with Gasteiger partial charge in [0.15, 0.2) is 0 Å². The average Bonchev–Trinajstić information content (AvgIpc) is 3.00. The first kappa shape index (κ1) is 23.3. The van der Waals surface area contributed by atoms with Crippen molar-refractivity contribution in [2.75, 3.05) is 13.2 Å². The lowest BCUT2D eigenvalue weighted by atomic mass is 9.97. The molecule has 0 spiro atoms. The summed E-state index contributed by atoms with van der Waals surface area (Å²) < 4.78 is 13.3. The van der Waals surface area contributed by atoms with Gasteiger partial charge in [0, 0.05) is 16.5 Å². The Kier molecular flexibility index (Phi) is 6.23. The van der Waals surface area contributed by atoms with Gasteiger partial charge in [0.2, 0.25) is 0 Å². The minimum Gasteiger partial charge on any atom is -0.480 e. The highest BCUT2D eigenvalue weighted by molar-refractivity contribution is 14.1. The summed E-state index contributed by atoms with van der Waals surface area (Å²) in [6.45, 7) is 8.63. The van der Waals surface area contributed by atoms with Crippen LogP contribution in [0.25, 0.3) is 10.9 Å². The lowest BCUT2D eigenvalue weighted by Crippen LogP contribution is -2.52. The van der Waals surface area contributed by atoms with Crippen LogP contribution < -0.4 is 10.3 Å². The standard InChI is InChI=1S/C21H26IN3O6/c1-6-30-18-23-15-8-7-12(22)9-14(15)16(26)25(18)13-10-21(5,17(27)28)24(11-13)19(29)31-20(2,3)4/h7-9,13H,6,10-11H2,1-5H3,(H,27,28)/t13-,21+/m1/s1. The van der Waals surface area contributed by atoms with E-state index in [-0.39, 0.29) is 31.1 Å². The Balaban J connectivity index is 2.13. The Morgan fingerprint density at radius 1 is 1.35 bits per heavy atom. The molecule has 1 N–H and O–H groups in total. The highest BCUT2D eigenvalue weighted by Gasteiger charge is 2.52. The zero-order valence-electron chi connectivity index (χ0n) is 18.1. The second-order valence-electron chi connectivity index (χ2n) is 8.69. The quantitative estimate of drug-likeness (QED) is 0.589. The van der Waals surface area contributed by atoms with E-state index in [1.165, 1.54) is 16.4 Å². The van der Waals surface area contributed by atoms with Gasteiger partial charge in [0.1, 0.15) is 11.1 Å². The molecule has 10 heteroatoms. The number of benzene rings is 1. The first-order valence-corrected chi connectivity index (χ1v) is 11.0. The van der Waals surface area contributed by atoms with Crippen molar-refractivity contribution in [3.05, 3.63) is 32.1 Å². The van der Waals surface area contributed by atoms with E-state index in [0.717, 1.165) is 3.57 Å². The van der Waals surface area contributed by atoms with E-state index in [9.17, 15) is 19.5 Å². The van der Waals surface area contributed by atoms with Crippen molar-refractivity contribution in [3.8, 4) is 6.01 Å². The molecule has 31 heavy (non-hydrogen) atoms. The van der Waals surface area contributed by atoms with E-state index >= 15 is 0 Å². The van der Waals surface area contributed by atoms with Gasteiger partial charge in [0.05, 0.1) is 23.6 Å². The third-order valence-corrected chi connectivity index (χ3v) is 5.84. The lowest BCUT2D eigenvalue weighted by Gasteiger charge is -2.32. The fourth-order valence-electron chi connectivity index (χ4n) is 3.72. The first-order chi connectivity index (χ1) is 14.4. The fraction of sp³-hybridized carbons (Fsp3) is 0.524. The van der Waals surface area contributed by atoms with Crippen LogP contribution in [0.3, 0.4) is 0 Å². The second kappa shape index (κ2) is 8.29. The summed E-state index contributed by atoms with van der Waals surface area (Å²) in [7, 11) is 0. The van der Waals surface area contributed by atoms with E-state index in [2.05, 4.69) is 27.6 Å². The van der Waals surface area contributed by atoms with Crippen molar-refractivity contribution in [3.63, 3.8) is 0 Å². The molecule has 2 aromatic rings. The summed E-state index contributed by atoms with van der Waals surface area (Å²) in [6, 6.07) is 4.78. The molecule has 2 heterocycles. The minimum atomic E-state index is -1.55. The number of carboxylic acids is 1. The zero-order chi connectivity index (χ0) is 23.1. The lowest BCUT2D eigenvalue weighted by molar-refractivity contribution is -0.148. The van der Waals surface area contributed by atoms with Crippen LogP contribution in [0.15, 0.2) is 23.0 Å². The van der Waals surface area contributed by atoms with Crippen LogP contribution in [0.4, 0.5) is 4.79 Å². The van der Waals surface area contributed by atoms with Gasteiger partial charge >= 0.3 is 12.1 Å². The van der Waals surface area contributed by atoms with Crippen LogP contribution in [0.2, 0.25) is 0 Å². The molecule has 0 aliphatic carbocycles. The Hall–Kier alpha value is -2.37. The normalized spacial score (nSPS) is 21.4. The number of carboxylic acid groups (broad SMARTS) is 1. The molecule has 1 aromatic heterocycles. The maximum Gasteiger partial charge on any atom is 0.411 e. The smallest absolute Gasteiger partial charge is 0.411 e. The topological polar surface area (TPSA) is 111 Å². The van der Waals surface area contributed by atoms with Crippen molar-refractivity contribution >= 4 is 45.6 Å². The fourth-order valence-corrected chi connectivity index (χ4v) is 4.21. The summed E-state index contributed by atoms with van der Waals surface area (Å²) in [4.78, 5) is 44.0. The molecule has 168 valence electrons. The number of hydrogen-bond acceptors (Lipinski definition) is 6. The van der Waals surface area contributed by atoms with Crippen molar-refractivity contribution in [2.24, 2.45) is 0 Å². The van der Waals surface area contributed by atoms with Crippen LogP contribution in [-0.4, -0.2) is 55.9 Å². The van der Waals surface area contributed by atoms with Gasteiger partial charge in [-0.3, -0.25) is 14.3 Å². The SMILES string of the molecule is CCOc1nc2ccc(I)cc2c(=O)n1[C@H]1CN(C(=O)OC(C)(C)C)[C@](C)(C(=O)O)C1. The van der Waals surface area contributed by atoms with Crippen LogP contribution in [0.5, 0.6) is 6.01 Å². The highest BCUT2D eigenvalue weighted by Crippen LogP contribution is 2.38. The molecular weight excluding hydrogens is 517 g/mol. The predicted molar refractivity (Wildman–Crippen MR) is 123 cm³/mol. The molecule has 1 aliphatic heterocycles. The number of halogens is 1. The van der Waals surface area contributed by atoms with E-state index in [0.29, 0.717) is 10.9 Å². The number of aliphatic carboxylic acids is 1. The van der Waals surface area contributed by atoms with Gasteiger partial charge < -0.3 is 14.6 Å². The molecule has 0 bridgehead atoms. The number of likely N-dealkylation sites (tertiary alicyclic amines) is 1. The molecule has 1 saturated heterocycles. The number of fused-ring (bicyclic) bond motifs is 1. The Morgan fingerprint density at radius 2 is 2.03 bits per heavy atom. The average molecular weight is 543 g/mol. The summed E-state index contributed by atoms with van der Waals surface area (Å²) in [5, 5.41) is 10.3. The van der Waals surface area contributed by atoms with Crippen LogP contribution in [-0.2, 0) is 9.53 Å². The third-order valence-electron chi connectivity index (χ3n) is 5.17. The van der Waals surface area contributed by atoms with Crippen molar-refractivity contribution in [1.82, 2.24) is 14.5 Å². The summed E-state index contributed by atoms with van der Waals surface area (Å²) in [5.41, 5.74) is -2.18. The number of carbonyl (C=O) groups is 2. The van der Waals surface area contributed by atoms with E-state index in [4.69, 9.17) is 9.47 Å². The monoisotopic (exact) mass is 543 g/mol. The van der Waals surface area contributed by atoms with Gasteiger partial charge in [-0.2, -0.15) is 4.98 Å².